The molecule has 3 nitrogen and oxygen atoms in total. The Balaban J connectivity index is 2.38. The molecule has 0 aliphatic rings. The lowest BCUT2D eigenvalue weighted by Gasteiger charge is -2.20. The van der Waals surface area contributed by atoms with Gasteiger partial charge in [0.2, 0.25) is 0 Å². The van der Waals surface area contributed by atoms with Crippen LogP contribution in [0.4, 0.5) is 0 Å². The zero-order valence-corrected chi connectivity index (χ0v) is 12.3. The van der Waals surface area contributed by atoms with Crippen molar-refractivity contribution in [3.63, 3.8) is 0 Å². The molecule has 3 N–H and O–H groups in total. The normalized spacial score (nSPS) is 12.2. The van der Waals surface area contributed by atoms with Crippen molar-refractivity contribution in [2.24, 2.45) is 5.84 Å². The first-order valence-corrected chi connectivity index (χ1v) is 6.91. The Morgan fingerprint density at radius 3 is 2.60 bits per heavy atom. The summed E-state index contributed by atoms with van der Waals surface area (Å²) in [6.07, 6.45) is 0. The molecule has 2 aromatic carbocycles. The van der Waals surface area contributed by atoms with Crippen molar-refractivity contribution in [3.8, 4) is 5.75 Å². The van der Waals surface area contributed by atoms with Gasteiger partial charge in [-0.2, -0.15) is 0 Å². The average Bonchev–Trinajstić information content (AvgIpc) is 2.43. The first-order valence-electron chi connectivity index (χ1n) is 6.91. The third-order valence-electron chi connectivity index (χ3n) is 3.41. The summed E-state index contributed by atoms with van der Waals surface area (Å²) in [6.45, 7) is 6.85. The standard InChI is InChI=1S/C17H22N2O/c1-4-20-15-7-5-6-14(11-15)17(19-18)16-9-8-12(2)10-13(16)3/h5-11,17,19H,4,18H2,1-3H3. The second kappa shape index (κ2) is 6.55. The maximum Gasteiger partial charge on any atom is 0.119 e. The van der Waals surface area contributed by atoms with Gasteiger partial charge in [0.05, 0.1) is 12.6 Å². The van der Waals surface area contributed by atoms with Crippen LogP contribution in [0, 0.1) is 13.8 Å². The fraction of sp³-hybridized carbons (Fsp3) is 0.294. The number of benzene rings is 2. The van der Waals surface area contributed by atoms with Gasteiger partial charge in [-0.3, -0.25) is 5.84 Å². The van der Waals surface area contributed by atoms with Gasteiger partial charge in [0.25, 0.3) is 0 Å². The van der Waals surface area contributed by atoms with E-state index in [1.54, 1.807) is 0 Å². The molecule has 0 radical (unpaired) electrons. The predicted octanol–water partition coefficient (Wildman–Crippen LogP) is 3.25. The number of nitrogens with two attached hydrogens (primary N) is 1. The Hall–Kier alpha value is -1.84. The lowest BCUT2D eigenvalue weighted by atomic mass is 9.94. The van der Waals surface area contributed by atoms with E-state index in [-0.39, 0.29) is 6.04 Å². The van der Waals surface area contributed by atoms with Crippen LogP contribution in [0.5, 0.6) is 5.75 Å². The Bertz CT molecular complexity index is 581. The van der Waals surface area contributed by atoms with E-state index < -0.39 is 0 Å². The monoisotopic (exact) mass is 270 g/mol. The lowest BCUT2D eigenvalue weighted by Crippen LogP contribution is -2.29. The van der Waals surface area contributed by atoms with Gasteiger partial charge >= 0.3 is 0 Å². The van der Waals surface area contributed by atoms with E-state index in [1.165, 1.54) is 16.7 Å². The second-order valence-corrected chi connectivity index (χ2v) is 4.97. The second-order valence-electron chi connectivity index (χ2n) is 4.97. The van der Waals surface area contributed by atoms with Crippen LogP contribution in [0.3, 0.4) is 0 Å². The first-order chi connectivity index (χ1) is 9.65. The smallest absolute Gasteiger partial charge is 0.119 e. The van der Waals surface area contributed by atoms with E-state index in [2.05, 4.69) is 43.5 Å². The highest BCUT2D eigenvalue weighted by Crippen LogP contribution is 2.27. The van der Waals surface area contributed by atoms with Gasteiger partial charge in [-0.25, -0.2) is 5.43 Å². The molecule has 1 atom stereocenters. The Morgan fingerprint density at radius 1 is 1.15 bits per heavy atom. The van der Waals surface area contributed by atoms with E-state index in [1.807, 2.05) is 25.1 Å². The fourth-order valence-electron chi connectivity index (χ4n) is 2.47. The summed E-state index contributed by atoms with van der Waals surface area (Å²) in [5.74, 6) is 6.65. The van der Waals surface area contributed by atoms with Gasteiger partial charge in [0.15, 0.2) is 0 Å². The molecular formula is C17H22N2O. The number of hydrogen-bond donors (Lipinski definition) is 2. The van der Waals surface area contributed by atoms with Gasteiger partial charge in [-0.1, -0.05) is 35.9 Å². The summed E-state index contributed by atoms with van der Waals surface area (Å²) in [6, 6.07) is 14.4. The lowest BCUT2D eigenvalue weighted by molar-refractivity contribution is 0.339. The third kappa shape index (κ3) is 3.18. The maximum absolute atomic E-state index is 5.78. The summed E-state index contributed by atoms with van der Waals surface area (Å²) < 4.78 is 5.56. The minimum absolute atomic E-state index is 0.0315. The summed E-state index contributed by atoms with van der Waals surface area (Å²) >= 11 is 0. The summed E-state index contributed by atoms with van der Waals surface area (Å²) in [5.41, 5.74) is 7.68. The molecule has 20 heavy (non-hydrogen) atoms. The van der Waals surface area contributed by atoms with Crippen molar-refractivity contribution < 1.29 is 4.74 Å². The molecule has 0 aromatic heterocycles. The van der Waals surface area contributed by atoms with Crippen molar-refractivity contribution >= 4 is 0 Å². The quantitative estimate of drug-likeness (QED) is 0.647. The van der Waals surface area contributed by atoms with Crippen LogP contribution >= 0.6 is 0 Å². The van der Waals surface area contributed by atoms with E-state index >= 15 is 0 Å². The number of hydrogen-bond acceptors (Lipinski definition) is 3. The summed E-state index contributed by atoms with van der Waals surface area (Å²) in [7, 11) is 0. The number of aryl methyl sites for hydroxylation is 2. The van der Waals surface area contributed by atoms with Crippen LogP contribution in [0.15, 0.2) is 42.5 Å². The molecule has 0 aliphatic heterocycles. The molecule has 0 bridgehead atoms. The van der Waals surface area contributed by atoms with Gasteiger partial charge in [0.1, 0.15) is 5.75 Å². The number of hydrazine groups is 1. The highest BCUT2D eigenvalue weighted by atomic mass is 16.5. The van der Waals surface area contributed by atoms with Crippen LogP contribution in [-0.2, 0) is 0 Å². The molecule has 1 unspecified atom stereocenters. The largest absolute Gasteiger partial charge is 0.494 e. The van der Waals surface area contributed by atoms with Gasteiger partial charge in [-0.05, 0) is 49.6 Å². The summed E-state index contributed by atoms with van der Waals surface area (Å²) in [5, 5.41) is 0. The summed E-state index contributed by atoms with van der Waals surface area (Å²) in [4.78, 5) is 0. The van der Waals surface area contributed by atoms with Crippen molar-refractivity contribution in [3.05, 3.63) is 64.7 Å². The van der Waals surface area contributed by atoms with E-state index in [4.69, 9.17) is 10.6 Å². The van der Waals surface area contributed by atoms with Crippen molar-refractivity contribution in [2.75, 3.05) is 6.61 Å². The third-order valence-corrected chi connectivity index (χ3v) is 3.41. The molecule has 106 valence electrons. The number of rotatable bonds is 5. The first kappa shape index (κ1) is 14.6. The van der Waals surface area contributed by atoms with Crippen molar-refractivity contribution in [1.82, 2.24) is 5.43 Å². The highest BCUT2D eigenvalue weighted by Gasteiger charge is 2.15. The number of ether oxygens (including phenoxy) is 1. The van der Waals surface area contributed by atoms with Crippen LogP contribution < -0.4 is 16.0 Å². The molecule has 0 spiro atoms. The van der Waals surface area contributed by atoms with Crippen molar-refractivity contribution in [1.29, 1.82) is 0 Å². The molecule has 0 saturated heterocycles. The SMILES string of the molecule is CCOc1cccc(C(NN)c2ccc(C)cc2C)c1. The maximum atomic E-state index is 5.78. The Kier molecular flexibility index (Phi) is 4.77. The topological polar surface area (TPSA) is 47.3 Å². The Labute approximate surface area is 120 Å². The molecule has 2 aromatic rings. The molecule has 0 fully saturated rings. The fourth-order valence-corrected chi connectivity index (χ4v) is 2.47. The molecule has 0 saturated carbocycles. The van der Waals surface area contributed by atoms with Crippen LogP contribution in [0.1, 0.15) is 35.2 Å². The Morgan fingerprint density at radius 2 is 1.95 bits per heavy atom. The highest BCUT2D eigenvalue weighted by molar-refractivity contribution is 5.41. The van der Waals surface area contributed by atoms with E-state index in [9.17, 15) is 0 Å². The van der Waals surface area contributed by atoms with Crippen LogP contribution in [0.25, 0.3) is 0 Å². The molecule has 0 aliphatic carbocycles. The molecule has 3 heteroatoms. The van der Waals surface area contributed by atoms with E-state index in [0.717, 1.165) is 11.3 Å². The molecule has 0 heterocycles. The average molecular weight is 270 g/mol. The van der Waals surface area contributed by atoms with E-state index in [0.29, 0.717) is 6.61 Å². The minimum Gasteiger partial charge on any atom is -0.494 e. The van der Waals surface area contributed by atoms with Crippen LogP contribution in [-0.4, -0.2) is 6.61 Å². The molecule has 2 rings (SSSR count). The predicted molar refractivity (Wildman–Crippen MR) is 82.7 cm³/mol. The van der Waals surface area contributed by atoms with Gasteiger partial charge in [-0.15, -0.1) is 0 Å². The number of nitrogens with one attached hydrogen (secondary N) is 1. The van der Waals surface area contributed by atoms with Crippen LogP contribution in [0.2, 0.25) is 0 Å². The van der Waals surface area contributed by atoms with Gasteiger partial charge in [0, 0.05) is 0 Å². The molecule has 0 amide bonds. The van der Waals surface area contributed by atoms with Gasteiger partial charge < -0.3 is 4.74 Å². The zero-order valence-electron chi connectivity index (χ0n) is 12.3. The minimum atomic E-state index is -0.0315. The molecular weight excluding hydrogens is 248 g/mol. The zero-order chi connectivity index (χ0) is 14.5. The van der Waals surface area contributed by atoms with Crippen molar-refractivity contribution in [2.45, 2.75) is 26.8 Å².